The first-order valence-electron chi connectivity index (χ1n) is 5.82. The lowest BCUT2D eigenvalue weighted by molar-refractivity contribution is 0.431. The second-order valence-corrected chi connectivity index (χ2v) is 4.84. The van der Waals surface area contributed by atoms with Gasteiger partial charge in [0, 0.05) is 17.7 Å². The highest BCUT2D eigenvalue weighted by Gasteiger charge is 2.12. The maximum absolute atomic E-state index is 13.2. The number of hydrogen-bond acceptors (Lipinski definition) is 3. The number of hydrogen-bond donors (Lipinski definition) is 1. The van der Waals surface area contributed by atoms with Gasteiger partial charge < -0.3 is 9.84 Å². The molecule has 1 N–H and O–H groups in total. The van der Waals surface area contributed by atoms with Crippen molar-refractivity contribution < 1.29 is 8.91 Å². The fourth-order valence-electron chi connectivity index (χ4n) is 1.66. The predicted molar refractivity (Wildman–Crippen MR) is 71.6 cm³/mol. The van der Waals surface area contributed by atoms with Crippen molar-refractivity contribution in [1.29, 1.82) is 0 Å². The standard InChI is InChI=1S/C13H14BrFN2O/c1-2-5-16-7-10-8-17-18-13(10)9-3-4-12(15)11(14)6-9/h3-4,6,8,16H,2,5,7H2,1H3. The zero-order valence-electron chi connectivity index (χ0n) is 10.0. The Morgan fingerprint density at radius 3 is 3.00 bits per heavy atom. The van der Waals surface area contributed by atoms with Crippen LogP contribution in [0.1, 0.15) is 18.9 Å². The van der Waals surface area contributed by atoms with E-state index in [9.17, 15) is 4.39 Å². The number of nitrogens with zero attached hydrogens (tertiary/aromatic N) is 1. The zero-order valence-corrected chi connectivity index (χ0v) is 11.6. The summed E-state index contributed by atoms with van der Waals surface area (Å²) in [7, 11) is 0. The van der Waals surface area contributed by atoms with Gasteiger partial charge in [0.25, 0.3) is 0 Å². The molecule has 0 aliphatic rings. The highest BCUT2D eigenvalue weighted by Crippen LogP contribution is 2.27. The van der Waals surface area contributed by atoms with Crippen molar-refractivity contribution in [1.82, 2.24) is 10.5 Å². The average Bonchev–Trinajstić information content (AvgIpc) is 2.81. The maximum atomic E-state index is 13.2. The second-order valence-electron chi connectivity index (χ2n) is 3.99. The SMILES string of the molecule is CCCNCc1cnoc1-c1ccc(F)c(Br)c1. The van der Waals surface area contributed by atoms with Gasteiger partial charge in [0.05, 0.1) is 10.7 Å². The Balaban J connectivity index is 2.22. The molecule has 0 fully saturated rings. The highest BCUT2D eigenvalue weighted by atomic mass is 79.9. The summed E-state index contributed by atoms with van der Waals surface area (Å²) < 4.78 is 18.8. The van der Waals surface area contributed by atoms with Crippen molar-refractivity contribution in [2.24, 2.45) is 0 Å². The third-order valence-corrected chi connectivity index (χ3v) is 3.18. The summed E-state index contributed by atoms with van der Waals surface area (Å²) in [5.41, 5.74) is 1.79. The Kier molecular flexibility index (Phi) is 4.49. The summed E-state index contributed by atoms with van der Waals surface area (Å²) in [4.78, 5) is 0. The van der Waals surface area contributed by atoms with Crippen LogP contribution in [0.4, 0.5) is 4.39 Å². The molecule has 2 aromatic rings. The number of aromatic nitrogens is 1. The minimum Gasteiger partial charge on any atom is -0.356 e. The molecule has 5 heteroatoms. The smallest absolute Gasteiger partial charge is 0.171 e. The van der Waals surface area contributed by atoms with Crippen LogP contribution >= 0.6 is 15.9 Å². The van der Waals surface area contributed by atoms with Crippen molar-refractivity contribution in [2.45, 2.75) is 19.9 Å². The zero-order chi connectivity index (χ0) is 13.0. The van der Waals surface area contributed by atoms with Crippen LogP contribution in [0.25, 0.3) is 11.3 Å². The second kappa shape index (κ2) is 6.11. The summed E-state index contributed by atoms with van der Waals surface area (Å²) in [5.74, 6) is 0.392. The molecule has 0 radical (unpaired) electrons. The van der Waals surface area contributed by atoms with Gasteiger partial charge in [-0.05, 0) is 47.1 Å². The van der Waals surface area contributed by atoms with E-state index < -0.39 is 0 Å². The van der Waals surface area contributed by atoms with Crippen molar-refractivity contribution in [3.05, 3.63) is 40.2 Å². The summed E-state index contributed by atoms with van der Waals surface area (Å²) in [5, 5.41) is 7.09. The molecular weight excluding hydrogens is 299 g/mol. The molecule has 0 aliphatic carbocycles. The van der Waals surface area contributed by atoms with E-state index in [4.69, 9.17) is 4.52 Å². The van der Waals surface area contributed by atoms with Crippen LogP contribution in [0.5, 0.6) is 0 Å². The van der Waals surface area contributed by atoms with Gasteiger partial charge in [-0.2, -0.15) is 0 Å². The van der Waals surface area contributed by atoms with E-state index in [1.54, 1.807) is 18.3 Å². The van der Waals surface area contributed by atoms with Crippen LogP contribution in [0, 0.1) is 5.82 Å². The van der Waals surface area contributed by atoms with Crippen LogP contribution in [-0.4, -0.2) is 11.7 Å². The number of benzene rings is 1. The molecule has 0 atom stereocenters. The van der Waals surface area contributed by atoms with Gasteiger partial charge >= 0.3 is 0 Å². The van der Waals surface area contributed by atoms with E-state index >= 15 is 0 Å². The van der Waals surface area contributed by atoms with Gasteiger partial charge in [0.1, 0.15) is 5.82 Å². The molecule has 0 unspecified atom stereocenters. The van der Waals surface area contributed by atoms with Crippen molar-refractivity contribution >= 4 is 15.9 Å². The van der Waals surface area contributed by atoms with E-state index in [-0.39, 0.29) is 5.82 Å². The van der Waals surface area contributed by atoms with E-state index in [0.717, 1.165) is 24.1 Å². The van der Waals surface area contributed by atoms with E-state index in [2.05, 4.69) is 33.3 Å². The summed E-state index contributed by atoms with van der Waals surface area (Å²) in [6.07, 6.45) is 2.76. The van der Waals surface area contributed by atoms with E-state index in [1.807, 2.05) is 0 Å². The monoisotopic (exact) mass is 312 g/mol. The minimum absolute atomic E-state index is 0.288. The quantitative estimate of drug-likeness (QED) is 0.855. The third-order valence-electron chi connectivity index (χ3n) is 2.57. The average molecular weight is 313 g/mol. The molecular formula is C13H14BrFN2O. The maximum Gasteiger partial charge on any atom is 0.171 e. The molecule has 3 nitrogen and oxygen atoms in total. The van der Waals surface area contributed by atoms with Gasteiger partial charge in [-0.3, -0.25) is 0 Å². The lowest BCUT2D eigenvalue weighted by Gasteiger charge is -2.04. The first-order valence-corrected chi connectivity index (χ1v) is 6.61. The molecule has 0 bridgehead atoms. The van der Waals surface area contributed by atoms with Crippen LogP contribution in [0.2, 0.25) is 0 Å². The van der Waals surface area contributed by atoms with Gasteiger partial charge in [-0.15, -0.1) is 0 Å². The number of nitrogens with one attached hydrogen (secondary N) is 1. The largest absolute Gasteiger partial charge is 0.356 e. The summed E-state index contributed by atoms with van der Waals surface area (Å²) >= 11 is 3.17. The molecule has 0 saturated heterocycles. The molecule has 18 heavy (non-hydrogen) atoms. The molecule has 0 saturated carbocycles. The topological polar surface area (TPSA) is 38.1 Å². The Morgan fingerprint density at radius 2 is 2.28 bits per heavy atom. The Hall–Kier alpha value is -1.20. The van der Waals surface area contributed by atoms with Crippen LogP contribution in [-0.2, 0) is 6.54 Å². The molecule has 96 valence electrons. The van der Waals surface area contributed by atoms with Gasteiger partial charge in [0.15, 0.2) is 5.76 Å². The normalized spacial score (nSPS) is 10.8. The summed E-state index contributed by atoms with van der Waals surface area (Å²) in [6.45, 7) is 3.75. The molecule has 1 aromatic heterocycles. The molecule has 1 aromatic carbocycles. The lowest BCUT2D eigenvalue weighted by atomic mass is 10.1. The molecule has 1 heterocycles. The van der Waals surface area contributed by atoms with Crippen molar-refractivity contribution in [3.8, 4) is 11.3 Å². The Labute approximate surface area is 113 Å². The first-order chi connectivity index (χ1) is 8.72. The van der Waals surface area contributed by atoms with E-state index in [0.29, 0.717) is 16.8 Å². The highest BCUT2D eigenvalue weighted by molar-refractivity contribution is 9.10. The number of rotatable bonds is 5. The van der Waals surface area contributed by atoms with Gasteiger partial charge in [-0.25, -0.2) is 4.39 Å². The lowest BCUT2D eigenvalue weighted by Crippen LogP contribution is -2.13. The predicted octanol–water partition coefficient (Wildman–Crippen LogP) is 3.74. The van der Waals surface area contributed by atoms with Crippen LogP contribution < -0.4 is 5.32 Å². The molecule has 0 amide bonds. The summed E-state index contributed by atoms with van der Waals surface area (Å²) in [6, 6.07) is 4.79. The van der Waals surface area contributed by atoms with Crippen LogP contribution in [0.3, 0.4) is 0 Å². The Bertz CT molecular complexity index is 527. The third kappa shape index (κ3) is 2.97. The number of halogens is 2. The first kappa shape index (κ1) is 13.2. The van der Waals surface area contributed by atoms with Crippen molar-refractivity contribution in [2.75, 3.05) is 6.54 Å². The van der Waals surface area contributed by atoms with Crippen LogP contribution in [0.15, 0.2) is 33.4 Å². The fourth-order valence-corrected chi connectivity index (χ4v) is 2.04. The van der Waals surface area contributed by atoms with Gasteiger partial charge in [0.2, 0.25) is 0 Å². The van der Waals surface area contributed by atoms with Crippen molar-refractivity contribution in [3.63, 3.8) is 0 Å². The molecule has 0 spiro atoms. The molecule has 0 aliphatic heterocycles. The van der Waals surface area contributed by atoms with Gasteiger partial charge in [-0.1, -0.05) is 12.1 Å². The van der Waals surface area contributed by atoms with E-state index in [1.165, 1.54) is 6.07 Å². The fraction of sp³-hybridized carbons (Fsp3) is 0.308. The molecule has 2 rings (SSSR count). The minimum atomic E-state index is -0.288. The Morgan fingerprint density at radius 1 is 1.44 bits per heavy atom.